The fourth-order valence-electron chi connectivity index (χ4n) is 5.65. The van der Waals surface area contributed by atoms with E-state index in [0.717, 1.165) is 25.7 Å². The summed E-state index contributed by atoms with van der Waals surface area (Å²) in [5, 5.41) is 9.54. The van der Waals surface area contributed by atoms with E-state index in [1.807, 2.05) is 0 Å². The number of allylic oxidation sites excluding steroid dienone is 2. The van der Waals surface area contributed by atoms with Crippen molar-refractivity contribution in [3.8, 4) is 0 Å². The van der Waals surface area contributed by atoms with E-state index in [4.69, 9.17) is 20.3 Å². The van der Waals surface area contributed by atoms with Crippen LogP contribution in [0.15, 0.2) is 12.2 Å². The molecule has 0 aromatic heterocycles. The Morgan fingerprint density at radius 3 is 2.44 bits per heavy atom. The highest BCUT2D eigenvalue weighted by molar-refractivity contribution is 7.46. The molecule has 0 heterocycles. The third-order valence-electron chi connectivity index (χ3n) is 7.95. The molecule has 0 aromatic rings. The maximum atomic E-state index is 13.8. The van der Waals surface area contributed by atoms with Gasteiger partial charge in [0.2, 0.25) is 0 Å². The van der Waals surface area contributed by atoms with Crippen LogP contribution in [0.4, 0.5) is 13.2 Å². The largest absolute Gasteiger partial charge is 0.469 e. The zero-order valence-electron chi connectivity index (χ0n) is 21.5. The van der Waals surface area contributed by atoms with Gasteiger partial charge in [-0.05, 0) is 75.0 Å². The summed E-state index contributed by atoms with van der Waals surface area (Å²) in [6, 6.07) is 0. The van der Waals surface area contributed by atoms with Gasteiger partial charge in [0, 0.05) is 6.61 Å². The van der Waals surface area contributed by atoms with Gasteiger partial charge in [0.15, 0.2) is 0 Å². The smallest absolute Gasteiger partial charge is 0.394 e. The third-order valence-corrected chi connectivity index (χ3v) is 8.41. The molecule has 0 amide bonds. The molecule has 2 aliphatic carbocycles. The van der Waals surface area contributed by atoms with E-state index in [1.165, 1.54) is 6.42 Å². The van der Waals surface area contributed by atoms with Crippen molar-refractivity contribution in [3.05, 3.63) is 12.2 Å². The summed E-state index contributed by atoms with van der Waals surface area (Å²) in [5.74, 6) is -0.106. The van der Waals surface area contributed by atoms with E-state index in [9.17, 15) is 22.8 Å². The number of nitrogens with two attached hydrogens (primary N) is 1. The van der Waals surface area contributed by atoms with E-state index >= 15 is 0 Å². The molecular formula is C25H45F3NO6P. The van der Waals surface area contributed by atoms with Crippen LogP contribution in [0.25, 0.3) is 0 Å². The van der Waals surface area contributed by atoms with Gasteiger partial charge in [-0.1, -0.05) is 38.8 Å². The number of ether oxygens (including phenoxy) is 1. The van der Waals surface area contributed by atoms with Gasteiger partial charge >= 0.3 is 14.0 Å². The minimum Gasteiger partial charge on any atom is -0.394 e. The number of phosphoric ester groups is 1. The summed E-state index contributed by atoms with van der Waals surface area (Å²) in [5.41, 5.74) is 4.55. The molecule has 0 spiro atoms. The van der Waals surface area contributed by atoms with Crippen LogP contribution >= 0.6 is 7.82 Å². The van der Waals surface area contributed by atoms with Crippen molar-refractivity contribution in [1.29, 1.82) is 0 Å². The van der Waals surface area contributed by atoms with Crippen LogP contribution in [0.5, 0.6) is 0 Å². The Morgan fingerprint density at radius 2 is 1.83 bits per heavy atom. The minimum atomic E-state index is -4.76. The lowest BCUT2D eigenvalue weighted by atomic mass is 9.75. The summed E-state index contributed by atoms with van der Waals surface area (Å²) in [7, 11) is -4.76. The summed E-state index contributed by atoms with van der Waals surface area (Å²) in [6.45, 7) is 3.58. The Hall–Kier alpha value is -0.480. The number of aliphatic hydroxyl groups excluding tert-OH is 1. The zero-order valence-corrected chi connectivity index (χ0v) is 22.4. The van der Waals surface area contributed by atoms with Gasteiger partial charge in [-0.25, -0.2) is 4.57 Å². The second-order valence-corrected chi connectivity index (χ2v) is 12.2. The Kier molecular flexibility index (Phi) is 12.4. The van der Waals surface area contributed by atoms with E-state index in [-0.39, 0.29) is 18.8 Å². The number of halogens is 3. The number of rotatable bonds is 14. The highest BCUT2D eigenvalue weighted by atomic mass is 31.2. The second-order valence-electron chi connectivity index (χ2n) is 11.0. The van der Waals surface area contributed by atoms with Crippen molar-refractivity contribution in [3.63, 3.8) is 0 Å². The van der Waals surface area contributed by atoms with Crippen molar-refractivity contribution in [2.24, 2.45) is 35.3 Å². The molecule has 1 saturated carbocycles. The van der Waals surface area contributed by atoms with E-state index < -0.39 is 44.8 Å². The highest BCUT2D eigenvalue weighted by Crippen LogP contribution is 2.44. The Bertz CT molecular complexity index is 733. The van der Waals surface area contributed by atoms with Gasteiger partial charge in [0.1, 0.15) is 0 Å². The molecule has 5 N–H and O–H groups in total. The number of hydrogen-bond acceptors (Lipinski definition) is 5. The summed E-state index contributed by atoms with van der Waals surface area (Å²) in [6.07, 6.45) is 5.60. The fraction of sp³-hybridized carbons (Fsp3) is 0.920. The lowest BCUT2D eigenvalue weighted by Gasteiger charge is -2.38. The van der Waals surface area contributed by atoms with Crippen LogP contribution in [0.2, 0.25) is 0 Å². The summed E-state index contributed by atoms with van der Waals surface area (Å²) in [4.78, 5) is 17.7. The lowest BCUT2D eigenvalue weighted by Crippen LogP contribution is -2.48. The Balaban J connectivity index is 1.82. The van der Waals surface area contributed by atoms with Crippen molar-refractivity contribution in [1.82, 2.24) is 0 Å². The second kappa shape index (κ2) is 14.1. The number of phosphoric acid groups is 1. The quantitative estimate of drug-likeness (QED) is 0.133. The molecule has 0 aliphatic heterocycles. The van der Waals surface area contributed by atoms with Gasteiger partial charge in [0.25, 0.3) is 0 Å². The van der Waals surface area contributed by atoms with Gasteiger partial charge < -0.3 is 25.4 Å². The molecule has 7 atom stereocenters. The first-order chi connectivity index (χ1) is 16.8. The maximum absolute atomic E-state index is 13.8. The zero-order chi connectivity index (χ0) is 27.0. The molecule has 2 aliphatic rings. The van der Waals surface area contributed by atoms with Crippen molar-refractivity contribution in [2.75, 3.05) is 19.8 Å². The molecule has 0 saturated heterocycles. The highest BCUT2D eigenvalue weighted by Gasteiger charge is 2.48. The minimum absolute atomic E-state index is 0.0863. The third kappa shape index (κ3) is 10.7. The number of hydrogen-bond donors (Lipinski definition) is 4. The SMILES string of the molecule is CCCC1CC(CCCOC2CCC(CCC(N)(CO)COP(=O)(O)O)CC2C(F)(F)F)C=CC1C. The average molecular weight is 544 g/mol. The first-order valence-corrected chi connectivity index (χ1v) is 14.8. The molecule has 11 heteroatoms. The van der Waals surface area contributed by atoms with Crippen molar-refractivity contribution in [2.45, 2.75) is 95.9 Å². The monoisotopic (exact) mass is 543 g/mol. The summed E-state index contributed by atoms with van der Waals surface area (Å²) >= 11 is 0. The van der Waals surface area contributed by atoms with E-state index in [0.29, 0.717) is 43.6 Å². The molecule has 7 nitrogen and oxygen atoms in total. The molecule has 0 bridgehead atoms. The van der Waals surface area contributed by atoms with E-state index in [2.05, 4.69) is 30.5 Å². The van der Waals surface area contributed by atoms with E-state index in [1.54, 1.807) is 0 Å². The van der Waals surface area contributed by atoms with Gasteiger partial charge in [0.05, 0.1) is 30.8 Å². The van der Waals surface area contributed by atoms with Gasteiger partial charge in [-0.15, -0.1) is 0 Å². The molecule has 212 valence electrons. The summed E-state index contributed by atoms with van der Waals surface area (Å²) < 4.78 is 62.7. The normalized spacial score (nSPS) is 31.4. The first kappa shape index (κ1) is 31.7. The Morgan fingerprint density at radius 1 is 1.11 bits per heavy atom. The van der Waals surface area contributed by atoms with Crippen molar-refractivity contribution < 1.29 is 41.9 Å². The van der Waals surface area contributed by atoms with Crippen LogP contribution in [0.1, 0.15) is 78.1 Å². The molecule has 1 fully saturated rings. The number of aliphatic hydroxyl groups is 1. The molecule has 7 unspecified atom stereocenters. The Labute approximate surface area is 213 Å². The fourth-order valence-corrected chi connectivity index (χ4v) is 6.08. The van der Waals surface area contributed by atoms with Crippen molar-refractivity contribution >= 4 is 7.82 Å². The van der Waals surface area contributed by atoms with Crippen LogP contribution < -0.4 is 5.73 Å². The van der Waals surface area contributed by atoms with Crippen LogP contribution in [-0.4, -0.2) is 52.5 Å². The predicted octanol–water partition coefficient (Wildman–Crippen LogP) is 5.34. The lowest BCUT2D eigenvalue weighted by molar-refractivity contribution is -0.221. The number of alkyl halides is 3. The molecular weight excluding hydrogens is 498 g/mol. The average Bonchev–Trinajstić information content (AvgIpc) is 2.80. The van der Waals surface area contributed by atoms with Crippen LogP contribution in [0.3, 0.4) is 0 Å². The topological polar surface area (TPSA) is 122 Å². The van der Waals surface area contributed by atoms with Crippen LogP contribution in [0, 0.1) is 29.6 Å². The molecule has 0 aromatic carbocycles. The predicted molar refractivity (Wildman–Crippen MR) is 132 cm³/mol. The van der Waals surface area contributed by atoms with Crippen LogP contribution in [-0.2, 0) is 13.8 Å². The molecule has 36 heavy (non-hydrogen) atoms. The molecule has 0 radical (unpaired) electrons. The van der Waals surface area contributed by atoms with Gasteiger partial charge in [-0.2, -0.15) is 13.2 Å². The van der Waals surface area contributed by atoms with Gasteiger partial charge in [-0.3, -0.25) is 4.52 Å². The molecule has 2 rings (SSSR count). The maximum Gasteiger partial charge on any atom is 0.469 e. The standard InChI is InChI=1S/C25H45F3NO6P/c1-3-5-21-14-19(8-7-18(21)2)6-4-13-34-23-10-9-20(15-22(23)25(26,27)28)11-12-24(29,16-30)17-35-36(31,32)33/h7-8,18-23,30H,3-6,9-17,29H2,1-2H3,(H2,31,32,33). The first-order valence-electron chi connectivity index (χ1n) is 13.2.